The van der Waals surface area contributed by atoms with Crippen molar-refractivity contribution >= 4 is 34.5 Å². The molecule has 0 radical (unpaired) electrons. The molecule has 0 fully saturated rings. The van der Waals surface area contributed by atoms with Gasteiger partial charge in [0.25, 0.3) is 0 Å². The van der Waals surface area contributed by atoms with Crippen LogP contribution < -0.4 is 0 Å². The zero-order valence-electron chi connectivity index (χ0n) is 8.97. The van der Waals surface area contributed by atoms with E-state index in [9.17, 15) is 14.4 Å². The van der Waals surface area contributed by atoms with E-state index < -0.39 is 11.9 Å². The van der Waals surface area contributed by atoms with Crippen LogP contribution in [0.5, 0.6) is 0 Å². The van der Waals surface area contributed by atoms with Crippen LogP contribution in [0.1, 0.15) is 20.7 Å². The van der Waals surface area contributed by atoms with E-state index in [0.717, 1.165) is 0 Å². The monoisotopic (exact) mass is 239 g/mol. The van der Waals surface area contributed by atoms with Crippen LogP contribution in [0.2, 0.25) is 0 Å². The molecular formula is C13H5NO4. The molecule has 5 nitrogen and oxygen atoms in total. The number of rotatable bonds is 1. The normalized spacial score (nSPS) is 13.1. The second kappa shape index (κ2) is 3.61. The Hall–Kier alpha value is -2.78. The molecule has 86 valence electrons. The minimum Gasteiger partial charge on any atom is -0.386 e. The predicted molar refractivity (Wildman–Crippen MR) is 61.5 cm³/mol. The van der Waals surface area contributed by atoms with Gasteiger partial charge in [-0.2, -0.15) is 4.99 Å². The maximum Gasteiger partial charge on any atom is 0.346 e. The molecule has 5 heteroatoms. The first-order chi connectivity index (χ1) is 8.72. The lowest BCUT2D eigenvalue weighted by atomic mass is 9.96. The van der Waals surface area contributed by atoms with E-state index >= 15 is 0 Å². The van der Waals surface area contributed by atoms with Crippen molar-refractivity contribution in [2.45, 2.75) is 0 Å². The molecule has 18 heavy (non-hydrogen) atoms. The van der Waals surface area contributed by atoms with Crippen LogP contribution in [0, 0.1) is 0 Å². The number of benzene rings is 2. The number of cyclic esters (lactones) is 2. The molecule has 0 saturated carbocycles. The van der Waals surface area contributed by atoms with Gasteiger partial charge in [-0.25, -0.2) is 14.4 Å². The van der Waals surface area contributed by atoms with Crippen LogP contribution in [0.25, 0.3) is 10.8 Å². The first kappa shape index (κ1) is 10.4. The van der Waals surface area contributed by atoms with Gasteiger partial charge in [0.1, 0.15) is 0 Å². The topological polar surface area (TPSA) is 72.8 Å². The summed E-state index contributed by atoms with van der Waals surface area (Å²) in [6, 6.07) is 7.89. The fourth-order valence-electron chi connectivity index (χ4n) is 2.07. The molecule has 0 unspecified atom stereocenters. The van der Waals surface area contributed by atoms with Crippen molar-refractivity contribution in [2.75, 3.05) is 0 Å². The summed E-state index contributed by atoms with van der Waals surface area (Å²) < 4.78 is 4.62. The number of aliphatic imine (C=N–C) groups is 1. The number of ether oxygens (including phenoxy) is 1. The van der Waals surface area contributed by atoms with Crippen LogP contribution in [0.4, 0.5) is 5.69 Å². The molecule has 2 aromatic rings. The molecule has 1 aliphatic heterocycles. The van der Waals surface area contributed by atoms with E-state index in [2.05, 4.69) is 9.73 Å². The Morgan fingerprint density at radius 3 is 2.44 bits per heavy atom. The fourth-order valence-corrected chi connectivity index (χ4v) is 2.07. The van der Waals surface area contributed by atoms with E-state index in [-0.39, 0.29) is 0 Å². The van der Waals surface area contributed by atoms with Crippen molar-refractivity contribution in [1.29, 1.82) is 0 Å². The summed E-state index contributed by atoms with van der Waals surface area (Å²) in [5, 5.41) is 1.02. The Morgan fingerprint density at radius 2 is 1.72 bits per heavy atom. The number of hydrogen-bond acceptors (Lipinski definition) is 5. The van der Waals surface area contributed by atoms with Crippen LogP contribution in [-0.2, 0) is 9.53 Å². The van der Waals surface area contributed by atoms with Crippen molar-refractivity contribution in [1.82, 2.24) is 0 Å². The van der Waals surface area contributed by atoms with Gasteiger partial charge in [-0.1, -0.05) is 12.1 Å². The standard InChI is InChI=1S/C13H5NO4/c15-6-14-10-5-4-9-11-7(10)2-1-3-8(11)12(16)18-13(9)17/h1-5H. The summed E-state index contributed by atoms with van der Waals surface area (Å²) >= 11 is 0. The molecule has 0 aromatic heterocycles. The Kier molecular flexibility index (Phi) is 2.08. The third-order valence-corrected chi connectivity index (χ3v) is 2.81. The summed E-state index contributed by atoms with van der Waals surface area (Å²) in [6.07, 6.45) is 1.45. The molecule has 0 atom stereocenters. The maximum absolute atomic E-state index is 11.6. The highest BCUT2D eigenvalue weighted by atomic mass is 16.6. The van der Waals surface area contributed by atoms with Crippen LogP contribution in [-0.4, -0.2) is 18.0 Å². The lowest BCUT2D eigenvalue weighted by Gasteiger charge is -2.15. The van der Waals surface area contributed by atoms with E-state index in [1.165, 1.54) is 18.2 Å². The van der Waals surface area contributed by atoms with Gasteiger partial charge in [0.2, 0.25) is 6.08 Å². The van der Waals surface area contributed by atoms with Gasteiger partial charge in [0.15, 0.2) is 0 Å². The summed E-state index contributed by atoms with van der Waals surface area (Å²) in [5.74, 6) is -1.38. The number of hydrogen-bond donors (Lipinski definition) is 0. The van der Waals surface area contributed by atoms with Crippen molar-refractivity contribution < 1.29 is 19.1 Å². The van der Waals surface area contributed by atoms with Gasteiger partial charge in [-0.05, 0) is 18.2 Å². The number of isocyanates is 1. The Labute approximate surface area is 101 Å². The molecule has 1 aliphatic rings. The van der Waals surface area contributed by atoms with Gasteiger partial charge in [0, 0.05) is 10.8 Å². The molecule has 0 spiro atoms. The average molecular weight is 239 g/mol. The highest BCUT2D eigenvalue weighted by molar-refractivity contribution is 6.22. The van der Waals surface area contributed by atoms with E-state index in [1.54, 1.807) is 18.2 Å². The Balaban J connectivity index is 2.52. The Morgan fingerprint density at radius 1 is 1.00 bits per heavy atom. The van der Waals surface area contributed by atoms with Crippen molar-refractivity contribution in [3.63, 3.8) is 0 Å². The lowest BCUT2D eigenvalue weighted by molar-refractivity contribution is 0.0391. The van der Waals surface area contributed by atoms with Gasteiger partial charge in [-0.15, -0.1) is 0 Å². The Bertz CT molecular complexity index is 737. The number of nitrogens with zero attached hydrogens (tertiary/aromatic N) is 1. The SMILES string of the molecule is O=C=Nc1ccc2c3c(cccc13)C(=O)OC2=O. The zero-order chi connectivity index (χ0) is 12.7. The molecule has 0 bridgehead atoms. The summed E-state index contributed by atoms with van der Waals surface area (Å²) in [4.78, 5) is 37.1. The minimum atomic E-state index is -0.690. The van der Waals surface area contributed by atoms with E-state index in [4.69, 9.17) is 0 Å². The van der Waals surface area contributed by atoms with Crippen molar-refractivity contribution in [3.8, 4) is 0 Å². The molecule has 1 heterocycles. The third-order valence-electron chi connectivity index (χ3n) is 2.81. The summed E-state index contributed by atoms with van der Waals surface area (Å²) in [6.45, 7) is 0. The third kappa shape index (κ3) is 1.28. The summed E-state index contributed by atoms with van der Waals surface area (Å²) in [5.41, 5.74) is 0.961. The second-order valence-electron chi connectivity index (χ2n) is 3.74. The van der Waals surface area contributed by atoms with Crippen LogP contribution >= 0.6 is 0 Å². The molecule has 0 N–H and O–H groups in total. The van der Waals surface area contributed by atoms with Gasteiger partial charge in [-0.3, -0.25) is 0 Å². The highest BCUT2D eigenvalue weighted by Gasteiger charge is 2.27. The second-order valence-corrected chi connectivity index (χ2v) is 3.74. The van der Waals surface area contributed by atoms with E-state index in [1.807, 2.05) is 0 Å². The molecule has 2 aromatic carbocycles. The van der Waals surface area contributed by atoms with Crippen LogP contribution in [0.3, 0.4) is 0 Å². The zero-order valence-corrected chi connectivity index (χ0v) is 8.97. The van der Waals surface area contributed by atoms with Gasteiger partial charge >= 0.3 is 11.9 Å². The van der Waals surface area contributed by atoms with Crippen LogP contribution in [0.15, 0.2) is 35.3 Å². The van der Waals surface area contributed by atoms with Crippen molar-refractivity contribution in [2.24, 2.45) is 4.99 Å². The first-order valence-corrected chi connectivity index (χ1v) is 5.12. The maximum atomic E-state index is 11.6. The highest BCUT2D eigenvalue weighted by Crippen LogP contribution is 2.34. The molecule has 0 saturated heterocycles. The molecular weight excluding hydrogens is 234 g/mol. The number of carbonyl (C=O) groups is 2. The largest absolute Gasteiger partial charge is 0.386 e. The fraction of sp³-hybridized carbons (Fsp3) is 0. The predicted octanol–water partition coefficient (Wildman–Crippen LogP) is 2.12. The van der Waals surface area contributed by atoms with Gasteiger partial charge < -0.3 is 4.74 Å². The molecule has 0 amide bonds. The first-order valence-electron chi connectivity index (χ1n) is 5.12. The van der Waals surface area contributed by atoms with Crippen molar-refractivity contribution in [3.05, 3.63) is 41.5 Å². The number of carbonyl (C=O) groups excluding carboxylic acids is 3. The quantitative estimate of drug-likeness (QED) is 0.330. The smallest absolute Gasteiger partial charge is 0.346 e. The van der Waals surface area contributed by atoms with Gasteiger partial charge in [0.05, 0.1) is 16.8 Å². The molecule has 3 rings (SSSR count). The van der Waals surface area contributed by atoms with E-state index in [0.29, 0.717) is 27.6 Å². The molecule has 0 aliphatic carbocycles. The summed E-state index contributed by atoms with van der Waals surface area (Å²) in [7, 11) is 0. The lowest BCUT2D eigenvalue weighted by Crippen LogP contribution is -2.19. The number of esters is 2. The minimum absolute atomic E-state index is 0.296. The average Bonchev–Trinajstić information content (AvgIpc) is 2.37.